The van der Waals surface area contributed by atoms with E-state index in [1.807, 2.05) is 27.7 Å². The minimum absolute atomic E-state index is 0.0392. The Labute approximate surface area is 114 Å². The van der Waals surface area contributed by atoms with Gasteiger partial charge in [-0.25, -0.2) is 0 Å². The predicted octanol–water partition coefficient (Wildman–Crippen LogP) is 1.07. The summed E-state index contributed by atoms with van der Waals surface area (Å²) in [5.74, 6) is -0.0226. The fourth-order valence-electron chi connectivity index (χ4n) is 2.94. The number of ether oxygens (including phenoxy) is 1. The van der Waals surface area contributed by atoms with Crippen molar-refractivity contribution in [2.75, 3.05) is 13.2 Å². The number of rotatable bonds is 2. The largest absolute Gasteiger partial charge is 0.375 e. The minimum Gasteiger partial charge on any atom is -0.375 e. The summed E-state index contributed by atoms with van der Waals surface area (Å²) in [7, 11) is 0. The molecule has 5 heteroatoms. The normalized spacial score (nSPS) is 35.2. The van der Waals surface area contributed by atoms with Gasteiger partial charge in [-0.1, -0.05) is 6.92 Å². The van der Waals surface area contributed by atoms with E-state index in [0.29, 0.717) is 13.0 Å². The zero-order chi connectivity index (χ0) is 14.3. The van der Waals surface area contributed by atoms with Crippen molar-refractivity contribution in [1.29, 1.82) is 0 Å². The van der Waals surface area contributed by atoms with Crippen LogP contribution in [0.15, 0.2) is 0 Å². The van der Waals surface area contributed by atoms with E-state index in [-0.39, 0.29) is 30.0 Å². The Morgan fingerprint density at radius 1 is 1.37 bits per heavy atom. The van der Waals surface area contributed by atoms with Crippen LogP contribution in [-0.2, 0) is 14.3 Å². The maximum atomic E-state index is 12.6. The predicted molar refractivity (Wildman–Crippen MR) is 71.6 cm³/mol. The molecule has 0 saturated carbocycles. The number of piperazine rings is 1. The van der Waals surface area contributed by atoms with Crippen LogP contribution < -0.4 is 5.32 Å². The van der Waals surface area contributed by atoms with Crippen molar-refractivity contribution in [2.45, 2.75) is 64.1 Å². The van der Waals surface area contributed by atoms with Crippen LogP contribution in [0.3, 0.4) is 0 Å². The van der Waals surface area contributed by atoms with E-state index in [2.05, 4.69) is 5.32 Å². The average molecular weight is 268 g/mol. The van der Waals surface area contributed by atoms with E-state index in [9.17, 15) is 9.59 Å². The van der Waals surface area contributed by atoms with Gasteiger partial charge in [0, 0.05) is 12.6 Å². The molecule has 0 aromatic rings. The summed E-state index contributed by atoms with van der Waals surface area (Å²) in [6, 6.07) is 0.105. The molecule has 2 atom stereocenters. The van der Waals surface area contributed by atoms with Crippen LogP contribution in [-0.4, -0.2) is 47.0 Å². The maximum Gasteiger partial charge on any atom is 0.248 e. The van der Waals surface area contributed by atoms with Crippen molar-refractivity contribution in [3.8, 4) is 0 Å². The van der Waals surface area contributed by atoms with Gasteiger partial charge >= 0.3 is 0 Å². The van der Waals surface area contributed by atoms with E-state index in [0.717, 1.165) is 12.8 Å². The van der Waals surface area contributed by atoms with E-state index >= 15 is 0 Å². The molecule has 0 spiro atoms. The van der Waals surface area contributed by atoms with E-state index < -0.39 is 5.54 Å². The van der Waals surface area contributed by atoms with E-state index in [4.69, 9.17) is 4.74 Å². The SMILES string of the molecule is CCC1(C)NC(=O)CN(C2CCOC(C)(C)C2)C1=O. The lowest BCUT2D eigenvalue weighted by Gasteiger charge is -2.46. The third-order valence-corrected chi connectivity index (χ3v) is 4.28. The summed E-state index contributed by atoms with van der Waals surface area (Å²) < 4.78 is 5.69. The van der Waals surface area contributed by atoms with Gasteiger partial charge in [0.1, 0.15) is 5.54 Å². The molecule has 2 unspecified atom stereocenters. The zero-order valence-electron chi connectivity index (χ0n) is 12.3. The molecule has 2 heterocycles. The Hall–Kier alpha value is -1.10. The molecule has 2 aliphatic heterocycles. The van der Waals surface area contributed by atoms with Gasteiger partial charge in [-0.05, 0) is 40.0 Å². The van der Waals surface area contributed by atoms with Gasteiger partial charge in [0.25, 0.3) is 0 Å². The first-order valence-electron chi connectivity index (χ1n) is 7.03. The highest BCUT2D eigenvalue weighted by atomic mass is 16.5. The van der Waals surface area contributed by atoms with Crippen LogP contribution in [0.2, 0.25) is 0 Å². The van der Waals surface area contributed by atoms with E-state index in [1.165, 1.54) is 0 Å². The van der Waals surface area contributed by atoms with Crippen LogP contribution in [0, 0.1) is 0 Å². The molecule has 2 rings (SSSR count). The number of carbonyl (C=O) groups is 2. The average Bonchev–Trinajstić information content (AvgIpc) is 2.32. The smallest absolute Gasteiger partial charge is 0.248 e. The minimum atomic E-state index is -0.752. The Balaban J connectivity index is 2.18. The Morgan fingerprint density at radius 2 is 2.05 bits per heavy atom. The van der Waals surface area contributed by atoms with Gasteiger partial charge < -0.3 is 15.0 Å². The number of carbonyl (C=O) groups excluding carboxylic acids is 2. The third kappa shape index (κ3) is 2.76. The molecule has 2 fully saturated rings. The highest BCUT2D eigenvalue weighted by Crippen LogP contribution is 2.30. The Bertz CT molecular complexity index is 394. The van der Waals surface area contributed by atoms with Crippen molar-refractivity contribution >= 4 is 11.8 Å². The summed E-state index contributed by atoms with van der Waals surface area (Å²) >= 11 is 0. The number of hydrogen-bond acceptors (Lipinski definition) is 3. The summed E-state index contributed by atoms with van der Waals surface area (Å²) in [5, 5.41) is 2.82. The lowest BCUT2D eigenvalue weighted by atomic mass is 9.88. The molecule has 0 aromatic carbocycles. The lowest BCUT2D eigenvalue weighted by molar-refractivity contribution is -0.157. The second-order valence-corrected chi connectivity index (χ2v) is 6.42. The molecule has 2 aliphatic rings. The van der Waals surface area contributed by atoms with Gasteiger partial charge in [-0.2, -0.15) is 0 Å². The monoisotopic (exact) mass is 268 g/mol. The number of nitrogens with zero attached hydrogens (tertiary/aromatic N) is 1. The van der Waals surface area contributed by atoms with Crippen LogP contribution in [0.1, 0.15) is 47.0 Å². The molecule has 2 amide bonds. The fraction of sp³-hybridized carbons (Fsp3) is 0.857. The molecule has 2 saturated heterocycles. The molecule has 0 aromatic heterocycles. The first-order chi connectivity index (χ1) is 8.77. The van der Waals surface area contributed by atoms with Gasteiger partial charge in [-0.3, -0.25) is 9.59 Å². The maximum absolute atomic E-state index is 12.6. The molecule has 19 heavy (non-hydrogen) atoms. The van der Waals surface area contributed by atoms with Gasteiger partial charge in [-0.15, -0.1) is 0 Å². The molecule has 0 aliphatic carbocycles. The Morgan fingerprint density at radius 3 is 2.63 bits per heavy atom. The van der Waals surface area contributed by atoms with Crippen LogP contribution in [0.4, 0.5) is 0 Å². The molecular weight excluding hydrogens is 244 g/mol. The molecular formula is C14H24N2O3. The third-order valence-electron chi connectivity index (χ3n) is 4.28. The second kappa shape index (κ2) is 4.78. The summed E-state index contributed by atoms with van der Waals surface area (Å²) in [6.45, 7) is 8.62. The van der Waals surface area contributed by atoms with Crippen LogP contribution in [0.25, 0.3) is 0 Å². The number of amides is 2. The van der Waals surface area contributed by atoms with Gasteiger partial charge in [0.05, 0.1) is 12.1 Å². The standard InChI is InChI=1S/C14H24N2O3/c1-5-14(4)12(18)16(9-11(17)15-14)10-6-7-19-13(2,3)8-10/h10H,5-9H2,1-4H3,(H,15,17). The summed E-state index contributed by atoms with van der Waals surface area (Å²) in [5.41, 5.74) is -0.975. The van der Waals surface area contributed by atoms with E-state index in [1.54, 1.807) is 4.90 Å². The zero-order valence-corrected chi connectivity index (χ0v) is 12.3. The molecule has 108 valence electrons. The molecule has 0 bridgehead atoms. The van der Waals surface area contributed by atoms with Crippen molar-refractivity contribution < 1.29 is 14.3 Å². The van der Waals surface area contributed by atoms with Gasteiger partial charge in [0.15, 0.2) is 0 Å². The van der Waals surface area contributed by atoms with Gasteiger partial charge in [0.2, 0.25) is 11.8 Å². The quantitative estimate of drug-likeness (QED) is 0.815. The number of hydrogen-bond donors (Lipinski definition) is 1. The highest BCUT2D eigenvalue weighted by molar-refractivity contribution is 5.97. The molecule has 5 nitrogen and oxygen atoms in total. The molecule has 0 radical (unpaired) electrons. The van der Waals surface area contributed by atoms with Crippen LogP contribution >= 0.6 is 0 Å². The molecule has 1 N–H and O–H groups in total. The lowest BCUT2D eigenvalue weighted by Crippen LogP contribution is -2.67. The van der Waals surface area contributed by atoms with Crippen molar-refractivity contribution in [3.63, 3.8) is 0 Å². The summed E-state index contributed by atoms with van der Waals surface area (Å²) in [4.78, 5) is 26.2. The first-order valence-corrected chi connectivity index (χ1v) is 7.03. The first kappa shape index (κ1) is 14.3. The van der Waals surface area contributed by atoms with Crippen molar-refractivity contribution in [3.05, 3.63) is 0 Å². The second-order valence-electron chi connectivity index (χ2n) is 6.42. The number of nitrogens with one attached hydrogen (secondary N) is 1. The van der Waals surface area contributed by atoms with Crippen molar-refractivity contribution in [2.24, 2.45) is 0 Å². The Kier molecular flexibility index (Phi) is 3.60. The highest BCUT2D eigenvalue weighted by Gasteiger charge is 2.45. The van der Waals surface area contributed by atoms with Crippen LogP contribution in [0.5, 0.6) is 0 Å². The van der Waals surface area contributed by atoms with Crippen molar-refractivity contribution in [1.82, 2.24) is 10.2 Å². The topological polar surface area (TPSA) is 58.6 Å². The summed E-state index contributed by atoms with van der Waals surface area (Å²) in [6.07, 6.45) is 2.20. The fourth-order valence-corrected chi connectivity index (χ4v) is 2.94.